The summed E-state index contributed by atoms with van der Waals surface area (Å²) in [6.07, 6.45) is 39.5. The highest BCUT2D eigenvalue weighted by molar-refractivity contribution is 7.45. The van der Waals surface area contributed by atoms with Crippen molar-refractivity contribution in [3.05, 3.63) is 0 Å². The first-order chi connectivity index (χ1) is 25.5. The van der Waals surface area contributed by atoms with Crippen LogP contribution in [0.15, 0.2) is 0 Å². The van der Waals surface area contributed by atoms with E-state index in [1.807, 2.05) is 21.1 Å². The van der Waals surface area contributed by atoms with Crippen molar-refractivity contribution in [1.29, 1.82) is 0 Å². The molecule has 1 amide bonds. The van der Waals surface area contributed by atoms with Crippen LogP contribution in [-0.4, -0.2) is 68.5 Å². The largest absolute Gasteiger partial charge is 0.756 e. The third-order valence-electron chi connectivity index (χ3n) is 10.6. The number of unbranched alkanes of at least 4 members (excludes halogenated alkanes) is 29. The lowest BCUT2D eigenvalue weighted by atomic mass is 10.0. The van der Waals surface area contributed by atoms with E-state index in [0.29, 0.717) is 23.9 Å². The number of likely N-dealkylation sites (N-methyl/N-ethyl adjacent to an activating group) is 1. The molecule has 0 aliphatic carbocycles. The summed E-state index contributed by atoms with van der Waals surface area (Å²) in [7, 11) is 1.32. The van der Waals surface area contributed by atoms with Crippen molar-refractivity contribution in [1.82, 2.24) is 5.32 Å². The van der Waals surface area contributed by atoms with E-state index in [9.17, 15) is 19.4 Å². The summed E-state index contributed by atoms with van der Waals surface area (Å²) in [6.45, 7) is 4.74. The van der Waals surface area contributed by atoms with Gasteiger partial charge in [0.25, 0.3) is 7.82 Å². The van der Waals surface area contributed by atoms with E-state index >= 15 is 0 Å². The summed E-state index contributed by atoms with van der Waals surface area (Å²) < 4.78 is 23.3. The first-order valence-corrected chi connectivity index (χ1v) is 24.3. The van der Waals surface area contributed by atoms with Gasteiger partial charge in [0.2, 0.25) is 5.91 Å². The SMILES string of the molecule is CCCCCCCCCCCCCCCCCCCC(O)C(COP(=O)([O-])OCC[N+](C)(C)C)NC(=O)CCCCCCCCCCCCCCCC. The molecule has 3 atom stereocenters. The summed E-state index contributed by atoms with van der Waals surface area (Å²) in [6, 6.07) is -0.792. The first kappa shape index (κ1) is 52.5. The molecule has 0 aliphatic heterocycles. The van der Waals surface area contributed by atoms with Gasteiger partial charge in [0.1, 0.15) is 13.2 Å². The highest BCUT2D eigenvalue weighted by Gasteiger charge is 2.24. The smallest absolute Gasteiger partial charge is 0.268 e. The van der Waals surface area contributed by atoms with Crippen LogP contribution in [0.2, 0.25) is 0 Å². The van der Waals surface area contributed by atoms with Gasteiger partial charge in [-0.3, -0.25) is 9.36 Å². The summed E-state index contributed by atoms with van der Waals surface area (Å²) >= 11 is 0. The second kappa shape index (κ2) is 37.1. The second-order valence-corrected chi connectivity index (χ2v) is 18.5. The minimum atomic E-state index is -4.56. The predicted octanol–water partition coefficient (Wildman–Crippen LogP) is 12.0. The molecule has 0 radical (unpaired) electrons. The van der Waals surface area contributed by atoms with Crippen LogP contribution in [0.3, 0.4) is 0 Å². The fraction of sp³-hybridized carbons (Fsp3) is 0.977. The van der Waals surface area contributed by atoms with E-state index in [1.54, 1.807) is 0 Å². The Kier molecular flexibility index (Phi) is 36.7. The quantitative estimate of drug-likeness (QED) is 0.0363. The maximum Gasteiger partial charge on any atom is 0.268 e. The molecule has 53 heavy (non-hydrogen) atoms. The lowest BCUT2D eigenvalue weighted by Crippen LogP contribution is -2.46. The standard InChI is InChI=1S/C44H91N2O6P/c1-6-8-10-12-14-16-18-20-22-23-24-25-27-29-31-33-35-37-43(47)42(41-52-53(49,50)51-40-39-46(3,4)5)45-44(48)38-36-34-32-30-28-26-21-19-17-15-13-11-9-7-2/h42-43,47H,6-41H2,1-5H3,(H-,45,48,49,50). The van der Waals surface area contributed by atoms with E-state index in [1.165, 1.54) is 161 Å². The average molecular weight is 775 g/mol. The van der Waals surface area contributed by atoms with Crippen molar-refractivity contribution in [3.63, 3.8) is 0 Å². The molecule has 0 aliphatic rings. The molecule has 0 heterocycles. The Bertz CT molecular complexity index is 839. The number of carbonyl (C=O) groups excluding carboxylic acids is 1. The molecule has 0 fully saturated rings. The number of rotatable bonds is 42. The van der Waals surface area contributed by atoms with Gasteiger partial charge in [-0.25, -0.2) is 0 Å². The Balaban J connectivity index is 4.31. The molecule has 9 heteroatoms. The van der Waals surface area contributed by atoms with Crippen molar-refractivity contribution in [2.45, 2.75) is 238 Å². The van der Waals surface area contributed by atoms with E-state index in [4.69, 9.17) is 9.05 Å². The lowest BCUT2D eigenvalue weighted by molar-refractivity contribution is -0.870. The normalized spacial score (nSPS) is 14.3. The molecule has 0 saturated heterocycles. The maximum absolute atomic E-state index is 12.9. The molecule has 0 spiro atoms. The highest BCUT2D eigenvalue weighted by Crippen LogP contribution is 2.38. The molecule has 0 aromatic rings. The summed E-state index contributed by atoms with van der Waals surface area (Å²) in [5, 5.41) is 13.9. The Morgan fingerprint density at radius 3 is 1.28 bits per heavy atom. The maximum atomic E-state index is 12.9. The van der Waals surface area contributed by atoms with Crippen molar-refractivity contribution < 1.29 is 32.9 Å². The fourth-order valence-electron chi connectivity index (χ4n) is 6.92. The van der Waals surface area contributed by atoms with Gasteiger partial charge < -0.3 is 28.8 Å². The van der Waals surface area contributed by atoms with Crippen LogP contribution in [0, 0.1) is 0 Å². The van der Waals surface area contributed by atoms with Gasteiger partial charge in [-0.2, -0.15) is 0 Å². The van der Waals surface area contributed by atoms with Gasteiger partial charge in [0, 0.05) is 6.42 Å². The topological polar surface area (TPSA) is 108 Å². The van der Waals surface area contributed by atoms with E-state index in [2.05, 4.69) is 19.2 Å². The number of carbonyl (C=O) groups is 1. The van der Waals surface area contributed by atoms with Gasteiger partial charge in [-0.05, 0) is 12.8 Å². The Hall–Kier alpha value is -0.500. The average Bonchev–Trinajstić information content (AvgIpc) is 3.10. The zero-order chi connectivity index (χ0) is 39.3. The molecule has 0 aromatic carbocycles. The van der Waals surface area contributed by atoms with Gasteiger partial charge in [-0.1, -0.05) is 206 Å². The minimum absolute atomic E-state index is 0.0161. The molecule has 0 aromatic heterocycles. The molecule has 8 nitrogen and oxygen atoms in total. The molecule has 3 unspecified atom stereocenters. The van der Waals surface area contributed by atoms with Gasteiger partial charge in [-0.15, -0.1) is 0 Å². The summed E-state index contributed by atoms with van der Waals surface area (Å²) in [4.78, 5) is 25.3. The van der Waals surface area contributed by atoms with Crippen LogP contribution < -0.4 is 10.2 Å². The van der Waals surface area contributed by atoms with E-state index < -0.39 is 20.0 Å². The number of nitrogens with one attached hydrogen (secondary N) is 1. The summed E-state index contributed by atoms with van der Waals surface area (Å²) in [5.74, 6) is -0.161. The third kappa shape index (κ3) is 39.5. The number of phosphoric acid groups is 1. The zero-order valence-electron chi connectivity index (χ0n) is 36.0. The Morgan fingerprint density at radius 1 is 0.585 bits per heavy atom. The number of quaternary nitrogens is 1. The number of hydrogen-bond donors (Lipinski definition) is 2. The van der Waals surface area contributed by atoms with E-state index in [0.717, 1.165) is 38.5 Å². The van der Waals surface area contributed by atoms with Crippen molar-refractivity contribution in [2.75, 3.05) is 40.9 Å². The van der Waals surface area contributed by atoms with Crippen LogP contribution >= 0.6 is 7.82 Å². The molecular weight excluding hydrogens is 683 g/mol. The van der Waals surface area contributed by atoms with Crippen LogP contribution in [0.25, 0.3) is 0 Å². The monoisotopic (exact) mass is 775 g/mol. The Labute approximate surface area is 329 Å². The molecule has 2 N–H and O–H groups in total. The van der Waals surface area contributed by atoms with Crippen molar-refractivity contribution in [3.8, 4) is 0 Å². The lowest BCUT2D eigenvalue weighted by Gasteiger charge is -2.30. The van der Waals surface area contributed by atoms with E-state index in [-0.39, 0.29) is 19.1 Å². The van der Waals surface area contributed by atoms with Gasteiger partial charge in [0.15, 0.2) is 0 Å². The summed E-state index contributed by atoms with van der Waals surface area (Å²) in [5.41, 5.74) is 0. The number of nitrogens with zero attached hydrogens (tertiary/aromatic N) is 1. The molecule has 0 saturated carbocycles. The van der Waals surface area contributed by atoms with Gasteiger partial charge >= 0.3 is 0 Å². The third-order valence-corrected chi connectivity index (χ3v) is 11.6. The number of aliphatic hydroxyl groups excluding tert-OH is 1. The molecular formula is C44H91N2O6P. The Morgan fingerprint density at radius 2 is 0.925 bits per heavy atom. The molecule has 0 rings (SSSR count). The first-order valence-electron chi connectivity index (χ1n) is 22.9. The predicted molar refractivity (Wildman–Crippen MR) is 224 cm³/mol. The van der Waals surface area contributed by atoms with Crippen molar-refractivity contribution >= 4 is 13.7 Å². The second-order valence-electron chi connectivity index (χ2n) is 17.1. The number of phosphoric ester groups is 1. The fourth-order valence-corrected chi connectivity index (χ4v) is 7.65. The van der Waals surface area contributed by atoms with Crippen LogP contribution in [0.4, 0.5) is 0 Å². The number of amides is 1. The zero-order valence-corrected chi connectivity index (χ0v) is 36.9. The molecule has 318 valence electrons. The van der Waals surface area contributed by atoms with Crippen LogP contribution in [0.1, 0.15) is 226 Å². The van der Waals surface area contributed by atoms with Crippen LogP contribution in [-0.2, 0) is 18.4 Å². The van der Waals surface area contributed by atoms with Crippen molar-refractivity contribution in [2.24, 2.45) is 0 Å². The van der Waals surface area contributed by atoms with Crippen LogP contribution in [0.5, 0.6) is 0 Å². The minimum Gasteiger partial charge on any atom is -0.756 e. The number of hydrogen-bond acceptors (Lipinski definition) is 6. The molecule has 0 bridgehead atoms. The van der Waals surface area contributed by atoms with Gasteiger partial charge in [0.05, 0.1) is 39.9 Å². The number of aliphatic hydroxyl groups is 1. The highest BCUT2D eigenvalue weighted by atomic mass is 31.2.